The first-order chi connectivity index (χ1) is 11.1. The number of hydrogen-bond donors (Lipinski definition) is 0. The zero-order chi connectivity index (χ0) is 16.4. The lowest BCUT2D eigenvalue weighted by Crippen LogP contribution is -2.11. The second-order valence-electron chi connectivity index (χ2n) is 5.08. The van der Waals surface area contributed by atoms with Gasteiger partial charge in [-0.05, 0) is 36.2 Å². The van der Waals surface area contributed by atoms with Crippen LogP contribution in [0.1, 0.15) is 24.9 Å². The molecule has 0 N–H and O–H groups in total. The highest BCUT2D eigenvalue weighted by Gasteiger charge is 2.22. The van der Waals surface area contributed by atoms with Crippen molar-refractivity contribution in [1.82, 2.24) is 14.5 Å². The van der Waals surface area contributed by atoms with Crippen LogP contribution in [0.2, 0.25) is 5.02 Å². The van der Waals surface area contributed by atoms with Gasteiger partial charge in [0.15, 0.2) is 5.82 Å². The van der Waals surface area contributed by atoms with Gasteiger partial charge < -0.3 is 4.57 Å². The Morgan fingerprint density at radius 1 is 1.13 bits per heavy atom. The molecule has 0 fully saturated rings. The molecule has 118 valence electrons. The molecule has 3 aromatic rings. The predicted octanol–water partition coefficient (Wildman–Crippen LogP) is 4.88. The van der Waals surface area contributed by atoms with E-state index in [2.05, 4.69) is 9.97 Å². The average molecular weight is 334 g/mol. The van der Waals surface area contributed by atoms with Gasteiger partial charge in [-0.15, -0.1) is 0 Å². The molecule has 3 rings (SSSR count). The number of halogens is 3. The van der Waals surface area contributed by atoms with Gasteiger partial charge in [0, 0.05) is 24.8 Å². The maximum absolute atomic E-state index is 14.3. The molecule has 2 heterocycles. The van der Waals surface area contributed by atoms with Crippen molar-refractivity contribution < 1.29 is 8.78 Å². The number of rotatable bonds is 4. The first-order valence-electron chi connectivity index (χ1n) is 7.20. The van der Waals surface area contributed by atoms with E-state index in [1.54, 1.807) is 23.2 Å². The molecule has 0 aliphatic rings. The molecule has 1 atom stereocenters. The standard InChI is InChI=1S/C17H14ClF2N3/c1-2-14(11-5-7-21-8-6-11)23-10-9-22-17(23)15-13(19)4-3-12(18)16(15)20/h3-10,14H,2H2,1H3/t14-/m0/s1. The van der Waals surface area contributed by atoms with Gasteiger partial charge in [0.1, 0.15) is 11.6 Å². The van der Waals surface area contributed by atoms with Gasteiger partial charge in [0.05, 0.1) is 16.6 Å². The molecule has 0 amide bonds. The van der Waals surface area contributed by atoms with E-state index in [1.165, 1.54) is 12.3 Å². The summed E-state index contributed by atoms with van der Waals surface area (Å²) in [5, 5.41) is -0.132. The van der Waals surface area contributed by atoms with Gasteiger partial charge in [0.25, 0.3) is 0 Å². The fourth-order valence-electron chi connectivity index (χ4n) is 2.67. The summed E-state index contributed by atoms with van der Waals surface area (Å²) in [4.78, 5) is 8.15. The number of hydrogen-bond acceptors (Lipinski definition) is 2. The van der Waals surface area contributed by atoms with Crippen LogP contribution in [0.3, 0.4) is 0 Å². The molecule has 1 aromatic carbocycles. The molecule has 0 aliphatic heterocycles. The topological polar surface area (TPSA) is 30.7 Å². The van der Waals surface area contributed by atoms with Crippen molar-refractivity contribution >= 4 is 11.6 Å². The zero-order valence-electron chi connectivity index (χ0n) is 12.4. The molecular weight excluding hydrogens is 320 g/mol. The fourth-order valence-corrected chi connectivity index (χ4v) is 2.83. The third-order valence-corrected chi connectivity index (χ3v) is 4.04. The van der Waals surface area contributed by atoms with E-state index in [0.717, 1.165) is 18.1 Å². The smallest absolute Gasteiger partial charge is 0.155 e. The second-order valence-corrected chi connectivity index (χ2v) is 5.49. The van der Waals surface area contributed by atoms with E-state index in [9.17, 15) is 8.78 Å². The molecule has 0 bridgehead atoms. The maximum atomic E-state index is 14.3. The summed E-state index contributed by atoms with van der Waals surface area (Å²) in [6, 6.07) is 6.00. The van der Waals surface area contributed by atoms with Crippen LogP contribution in [0.4, 0.5) is 8.78 Å². The Hall–Kier alpha value is -2.27. The normalized spacial score (nSPS) is 12.3. The Morgan fingerprint density at radius 3 is 2.57 bits per heavy atom. The average Bonchev–Trinajstić information content (AvgIpc) is 3.02. The van der Waals surface area contributed by atoms with Crippen molar-refractivity contribution in [2.75, 3.05) is 0 Å². The Labute approximate surface area is 137 Å². The van der Waals surface area contributed by atoms with Gasteiger partial charge in [0.2, 0.25) is 0 Å². The van der Waals surface area contributed by atoms with Crippen molar-refractivity contribution in [3.8, 4) is 11.4 Å². The molecule has 0 saturated heterocycles. The van der Waals surface area contributed by atoms with Crippen LogP contribution in [-0.4, -0.2) is 14.5 Å². The highest BCUT2D eigenvalue weighted by molar-refractivity contribution is 6.31. The van der Waals surface area contributed by atoms with Crippen molar-refractivity contribution in [3.05, 3.63) is 71.3 Å². The van der Waals surface area contributed by atoms with Crippen molar-refractivity contribution in [2.45, 2.75) is 19.4 Å². The summed E-state index contributed by atoms with van der Waals surface area (Å²) in [6.07, 6.45) is 7.35. The van der Waals surface area contributed by atoms with Gasteiger partial charge >= 0.3 is 0 Å². The highest BCUT2D eigenvalue weighted by Crippen LogP contribution is 2.33. The van der Waals surface area contributed by atoms with Crippen LogP contribution < -0.4 is 0 Å². The van der Waals surface area contributed by atoms with Crippen LogP contribution in [-0.2, 0) is 0 Å². The maximum Gasteiger partial charge on any atom is 0.155 e. The van der Waals surface area contributed by atoms with Crippen LogP contribution in [0.5, 0.6) is 0 Å². The van der Waals surface area contributed by atoms with Gasteiger partial charge in [-0.1, -0.05) is 18.5 Å². The number of benzene rings is 1. The summed E-state index contributed by atoms with van der Waals surface area (Å²) in [6.45, 7) is 2.00. The van der Waals surface area contributed by atoms with Crippen LogP contribution in [0.15, 0.2) is 49.1 Å². The van der Waals surface area contributed by atoms with E-state index >= 15 is 0 Å². The van der Waals surface area contributed by atoms with Crippen molar-refractivity contribution in [2.24, 2.45) is 0 Å². The second kappa shape index (κ2) is 6.46. The highest BCUT2D eigenvalue weighted by atomic mass is 35.5. The van der Waals surface area contributed by atoms with Gasteiger partial charge in [-0.3, -0.25) is 4.98 Å². The molecule has 0 aliphatic carbocycles. The Kier molecular flexibility index (Phi) is 4.39. The van der Waals surface area contributed by atoms with Gasteiger partial charge in [-0.2, -0.15) is 0 Å². The number of nitrogens with zero attached hydrogens (tertiary/aromatic N) is 3. The van der Waals surface area contributed by atoms with E-state index in [4.69, 9.17) is 11.6 Å². The number of imidazole rings is 1. The quantitative estimate of drug-likeness (QED) is 0.637. The SMILES string of the molecule is CC[C@@H](c1ccncc1)n1ccnc1-c1c(F)ccc(Cl)c1F. The summed E-state index contributed by atoms with van der Waals surface area (Å²) >= 11 is 5.80. The largest absolute Gasteiger partial charge is 0.323 e. The predicted molar refractivity (Wildman–Crippen MR) is 85.3 cm³/mol. The molecule has 23 heavy (non-hydrogen) atoms. The van der Waals surface area contributed by atoms with E-state index in [0.29, 0.717) is 0 Å². The first-order valence-corrected chi connectivity index (χ1v) is 7.58. The minimum Gasteiger partial charge on any atom is -0.323 e. The van der Waals surface area contributed by atoms with Crippen LogP contribution in [0, 0.1) is 11.6 Å². The van der Waals surface area contributed by atoms with Crippen molar-refractivity contribution in [3.63, 3.8) is 0 Å². The molecule has 0 unspecified atom stereocenters. The lowest BCUT2D eigenvalue weighted by molar-refractivity contribution is 0.555. The summed E-state index contributed by atoms with van der Waals surface area (Å²) in [7, 11) is 0. The molecule has 3 nitrogen and oxygen atoms in total. The van der Waals surface area contributed by atoms with Crippen LogP contribution >= 0.6 is 11.6 Å². The Balaban J connectivity index is 2.15. The van der Waals surface area contributed by atoms with Crippen molar-refractivity contribution in [1.29, 1.82) is 0 Å². The Bertz CT molecular complexity index is 818. The fraction of sp³-hybridized carbons (Fsp3) is 0.176. The third kappa shape index (κ3) is 2.84. The van der Waals surface area contributed by atoms with Gasteiger partial charge in [-0.25, -0.2) is 13.8 Å². The molecule has 0 radical (unpaired) electrons. The summed E-state index contributed by atoms with van der Waals surface area (Å²) in [5.41, 5.74) is 0.777. The Morgan fingerprint density at radius 2 is 1.87 bits per heavy atom. The molecular formula is C17H14ClF2N3. The number of pyridine rings is 1. The minimum atomic E-state index is -0.802. The molecule has 0 saturated carbocycles. The lowest BCUT2D eigenvalue weighted by Gasteiger charge is -2.20. The third-order valence-electron chi connectivity index (χ3n) is 3.75. The molecule has 6 heteroatoms. The van der Waals surface area contributed by atoms with E-state index < -0.39 is 11.6 Å². The monoisotopic (exact) mass is 333 g/mol. The summed E-state index contributed by atoms with van der Waals surface area (Å²) in [5.74, 6) is -1.28. The molecule has 2 aromatic heterocycles. The minimum absolute atomic E-state index is 0.103. The number of aromatic nitrogens is 3. The molecule has 0 spiro atoms. The zero-order valence-corrected chi connectivity index (χ0v) is 13.1. The lowest BCUT2D eigenvalue weighted by atomic mass is 10.0. The first kappa shape index (κ1) is 15.6. The van der Waals surface area contributed by atoms with E-state index in [-0.39, 0.29) is 22.5 Å². The van der Waals surface area contributed by atoms with E-state index in [1.807, 2.05) is 19.1 Å². The van der Waals surface area contributed by atoms with Crippen LogP contribution in [0.25, 0.3) is 11.4 Å². The summed E-state index contributed by atoms with van der Waals surface area (Å²) < 4.78 is 30.3.